The van der Waals surface area contributed by atoms with Crippen LogP contribution < -0.4 is 5.48 Å². The average Bonchev–Trinajstić information content (AvgIpc) is 2.65. The molecule has 2 aromatic rings. The van der Waals surface area contributed by atoms with Crippen LogP contribution in [0.2, 0.25) is 0 Å². The highest BCUT2D eigenvalue weighted by Gasteiger charge is 2.29. The summed E-state index contributed by atoms with van der Waals surface area (Å²) >= 11 is 0. The molecule has 2 aromatic carbocycles. The van der Waals surface area contributed by atoms with E-state index in [1.807, 2.05) is 12.1 Å². The van der Waals surface area contributed by atoms with Crippen LogP contribution in [0.1, 0.15) is 35.3 Å². The predicted molar refractivity (Wildman–Crippen MR) is 102 cm³/mol. The van der Waals surface area contributed by atoms with Crippen LogP contribution in [-0.4, -0.2) is 46.1 Å². The summed E-state index contributed by atoms with van der Waals surface area (Å²) in [7, 11) is 0. The third kappa shape index (κ3) is 4.49. The number of nitrogens with one attached hydrogen (secondary N) is 1. The fraction of sp³-hybridized carbons (Fsp3) is 0.381. The first-order valence-corrected chi connectivity index (χ1v) is 9.12. The van der Waals surface area contributed by atoms with Crippen LogP contribution in [0.5, 0.6) is 0 Å². The molecule has 1 aliphatic rings. The number of carbonyl (C=O) groups excluding carboxylic acids is 1. The standard InChI is InChI=1S/C21H27N3O2/c1-16-12-23(14-18-6-4-3-5-7-18)13-17(2)24(16)15-19-8-10-20(11-9-19)21(25)22-26/h3-11,16-17,26H,12-15H2,1-2H3,(H,22,25)/t16-,17+. The number of benzene rings is 2. The number of hydroxylamine groups is 1. The number of piperazine rings is 1. The van der Waals surface area contributed by atoms with Gasteiger partial charge < -0.3 is 0 Å². The Bertz CT molecular complexity index is 706. The van der Waals surface area contributed by atoms with E-state index in [9.17, 15) is 4.79 Å². The van der Waals surface area contributed by atoms with Gasteiger partial charge in [0.1, 0.15) is 0 Å². The second kappa shape index (κ2) is 8.45. The van der Waals surface area contributed by atoms with Crippen LogP contribution in [0.25, 0.3) is 0 Å². The molecule has 0 bridgehead atoms. The number of carbonyl (C=O) groups is 1. The van der Waals surface area contributed by atoms with E-state index in [2.05, 4.69) is 54.0 Å². The molecule has 1 heterocycles. The van der Waals surface area contributed by atoms with Crippen LogP contribution in [0.3, 0.4) is 0 Å². The van der Waals surface area contributed by atoms with Crippen LogP contribution >= 0.6 is 0 Å². The molecule has 138 valence electrons. The van der Waals surface area contributed by atoms with E-state index in [0.717, 1.165) is 26.2 Å². The summed E-state index contributed by atoms with van der Waals surface area (Å²) in [5, 5.41) is 8.71. The normalized spacial score (nSPS) is 21.5. The number of hydrogen-bond donors (Lipinski definition) is 2. The van der Waals surface area contributed by atoms with Crippen molar-refractivity contribution >= 4 is 5.91 Å². The molecule has 2 atom stereocenters. The van der Waals surface area contributed by atoms with Crippen LogP contribution in [0.15, 0.2) is 54.6 Å². The van der Waals surface area contributed by atoms with Crippen molar-refractivity contribution in [3.63, 3.8) is 0 Å². The molecule has 1 aliphatic heterocycles. The van der Waals surface area contributed by atoms with Gasteiger partial charge in [-0.15, -0.1) is 0 Å². The van der Waals surface area contributed by atoms with E-state index in [4.69, 9.17) is 5.21 Å². The van der Waals surface area contributed by atoms with Gasteiger partial charge in [0, 0.05) is 43.8 Å². The fourth-order valence-electron chi connectivity index (χ4n) is 3.79. The molecule has 0 unspecified atom stereocenters. The van der Waals surface area contributed by atoms with Gasteiger partial charge in [-0.05, 0) is 37.1 Å². The molecule has 26 heavy (non-hydrogen) atoms. The van der Waals surface area contributed by atoms with Crippen molar-refractivity contribution in [2.45, 2.75) is 39.0 Å². The minimum absolute atomic E-state index is 0.461. The van der Waals surface area contributed by atoms with E-state index in [1.165, 1.54) is 11.1 Å². The third-order valence-electron chi connectivity index (χ3n) is 5.11. The maximum absolute atomic E-state index is 11.4. The largest absolute Gasteiger partial charge is 0.296 e. The van der Waals surface area contributed by atoms with Gasteiger partial charge in [-0.2, -0.15) is 0 Å². The Morgan fingerprint density at radius 2 is 1.54 bits per heavy atom. The molecule has 0 spiro atoms. The van der Waals surface area contributed by atoms with E-state index in [0.29, 0.717) is 17.6 Å². The Morgan fingerprint density at radius 1 is 0.962 bits per heavy atom. The van der Waals surface area contributed by atoms with Crippen molar-refractivity contribution in [1.82, 2.24) is 15.3 Å². The van der Waals surface area contributed by atoms with Gasteiger partial charge in [0.25, 0.3) is 5.91 Å². The highest BCUT2D eigenvalue weighted by Crippen LogP contribution is 2.21. The minimum atomic E-state index is -0.479. The molecular weight excluding hydrogens is 326 g/mol. The Morgan fingerprint density at radius 3 is 2.12 bits per heavy atom. The minimum Gasteiger partial charge on any atom is -0.296 e. The summed E-state index contributed by atoms with van der Waals surface area (Å²) in [6.07, 6.45) is 0. The molecule has 0 aliphatic carbocycles. The van der Waals surface area contributed by atoms with Gasteiger partial charge >= 0.3 is 0 Å². The summed E-state index contributed by atoms with van der Waals surface area (Å²) in [4.78, 5) is 16.5. The van der Waals surface area contributed by atoms with Crippen molar-refractivity contribution in [1.29, 1.82) is 0 Å². The molecule has 5 heteroatoms. The summed E-state index contributed by atoms with van der Waals surface area (Å²) in [5.41, 5.74) is 4.66. The first-order valence-electron chi connectivity index (χ1n) is 9.12. The Balaban J connectivity index is 1.60. The van der Waals surface area contributed by atoms with Gasteiger partial charge in [0.15, 0.2) is 0 Å². The molecular formula is C21H27N3O2. The second-order valence-corrected chi connectivity index (χ2v) is 7.19. The summed E-state index contributed by atoms with van der Waals surface area (Å²) in [5.74, 6) is -0.479. The molecule has 1 saturated heterocycles. The smallest absolute Gasteiger partial charge is 0.274 e. The average molecular weight is 353 g/mol. The molecule has 2 N–H and O–H groups in total. The third-order valence-corrected chi connectivity index (χ3v) is 5.11. The second-order valence-electron chi connectivity index (χ2n) is 7.19. The Hall–Kier alpha value is -2.21. The Kier molecular flexibility index (Phi) is 6.04. The van der Waals surface area contributed by atoms with Gasteiger partial charge in [0.05, 0.1) is 0 Å². The van der Waals surface area contributed by atoms with Gasteiger partial charge in [0.2, 0.25) is 0 Å². The van der Waals surface area contributed by atoms with Crippen molar-refractivity contribution in [2.24, 2.45) is 0 Å². The highest BCUT2D eigenvalue weighted by atomic mass is 16.5. The van der Waals surface area contributed by atoms with E-state index >= 15 is 0 Å². The maximum atomic E-state index is 11.4. The van der Waals surface area contributed by atoms with Gasteiger partial charge in [-0.3, -0.25) is 19.8 Å². The Labute approximate surface area is 155 Å². The zero-order chi connectivity index (χ0) is 18.5. The lowest BCUT2D eigenvalue weighted by molar-refractivity contribution is 0.0290. The lowest BCUT2D eigenvalue weighted by Gasteiger charge is -2.44. The van der Waals surface area contributed by atoms with E-state index in [1.54, 1.807) is 17.6 Å². The molecule has 0 radical (unpaired) electrons. The van der Waals surface area contributed by atoms with Crippen LogP contribution in [0, 0.1) is 0 Å². The van der Waals surface area contributed by atoms with Crippen molar-refractivity contribution in [3.05, 3.63) is 71.3 Å². The molecule has 0 saturated carbocycles. The molecule has 5 nitrogen and oxygen atoms in total. The first kappa shape index (κ1) is 18.6. The lowest BCUT2D eigenvalue weighted by Crippen LogP contribution is -2.55. The van der Waals surface area contributed by atoms with Crippen molar-refractivity contribution in [2.75, 3.05) is 13.1 Å². The lowest BCUT2D eigenvalue weighted by atomic mass is 10.0. The highest BCUT2D eigenvalue weighted by molar-refractivity contribution is 5.93. The van der Waals surface area contributed by atoms with Crippen LogP contribution in [0.4, 0.5) is 0 Å². The monoisotopic (exact) mass is 353 g/mol. The molecule has 0 aromatic heterocycles. The van der Waals surface area contributed by atoms with Crippen LogP contribution in [-0.2, 0) is 13.1 Å². The predicted octanol–water partition coefficient (Wildman–Crippen LogP) is 2.90. The summed E-state index contributed by atoms with van der Waals surface area (Å²) < 4.78 is 0. The van der Waals surface area contributed by atoms with E-state index < -0.39 is 5.91 Å². The zero-order valence-corrected chi connectivity index (χ0v) is 15.4. The fourth-order valence-corrected chi connectivity index (χ4v) is 3.79. The molecule has 1 amide bonds. The SMILES string of the molecule is C[C@@H]1CN(Cc2ccccc2)C[C@H](C)N1Cc1ccc(C(=O)NO)cc1. The molecule has 1 fully saturated rings. The molecule has 3 rings (SSSR count). The number of hydrogen-bond acceptors (Lipinski definition) is 4. The zero-order valence-electron chi connectivity index (χ0n) is 15.4. The topological polar surface area (TPSA) is 55.8 Å². The van der Waals surface area contributed by atoms with Gasteiger partial charge in [-0.25, -0.2) is 5.48 Å². The number of rotatable bonds is 5. The van der Waals surface area contributed by atoms with Crippen molar-refractivity contribution in [3.8, 4) is 0 Å². The maximum Gasteiger partial charge on any atom is 0.274 e. The quantitative estimate of drug-likeness (QED) is 0.641. The van der Waals surface area contributed by atoms with Crippen molar-refractivity contribution < 1.29 is 10.0 Å². The summed E-state index contributed by atoms with van der Waals surface area (Å²) in [6, 6.07) is 19.0. The summed E-state index contributed by atoms with van der Waals surface area (Å²) in [6.45, 7) is 8.51. The first-order chi connectivity index (χ1) is 12.6. The van der Waals surface area contributed by atoms with Gasteiger partial charge in [-0.1, -0.05) is 42.5 Å². The van der Waals surface area contributed by atoms with E-state index in [-0.39, 0.29) is 0 Å². The number of nitrogens with zero attached hydrogens (tertiary/aromatic N) is 2. The number of amides is 1.